The highest BCUT2D eigenvalue weighted by molar-refractivity contribution is 6.31. The summed E-state index contributed by atoms with van der Waals surface area (Å²) in [6.45, 7) is 2.92. The molecule has 2 rings (SSSR count). The van der Waals surface area contributed by atoms with Gasteiger partial charge in [0, 0.05) is 17.4 Å². The molecule has 1 unspecified atom stereocenters. The van der Waals surface area contributed by atoms with Crippen LogP contribution < -0.4 is 5.32 Å². The summed E-state index contributed by atoms with van der Waals surface area (Å²) in [5, 5.41) is 4.82. The van der Waals surface area contributed by atoms with Crippen molar-refractivity contribution in [2.24, 2.45) is 0 Å². The molecule has 4 heteroatoms. The first kappa shape index (κ1) is 13.3. The molecule has 0 aliphatic rings. The standard InChI is InChI=1S/C14H14Cl2N2/c1-2-18-14(10-3-5-11(15)6-4-10)12-7-8-17-9-13(12)16/h3-9,14,18H,2H2,1H3. The van der Waals surface area contributed by atoms with Crippen molar-refractivity contribution in [1.29, 1.82) is 0 Å². The van der Waals surface area contributed by atoms with E-state index in [2.05, 4.69) is 17.2 Å². The predicted octanol–water partition coefficient (Wildman–Crippen LogP) is 4.09. The van der Waals surface area contributed by atoms with E-state index >= 15 is 0 Å². The third-order valence-electron chi connectivity index (χ3n) is 2.73. The number of nitrogens with one attached hydrogen (secondary N) is 1. The van der Waals surface area contributed by atoms with Crippen molar-refractivity contribution in [3.05, 3.63) is 63.9 Å². The fraction of sp³-hybridized carbons (Fsp3) is 0.214. The van der Waals surface area contributed by atoms with Crippen molar-refractivity contribution < 1.29 is 0 Å². The molecule has 1 heterocycles. The summed E-state index contributed by atoms with van der Waals surface area (Å²) < 4.78 is 0. The summed E-state index contributed by atoms with van der Waals surface area (Å²) in [7, 11) is 0. The van der Waals surface area contributed by atoms with Crippen molar-refractivity contribution in [3.63, 3.8) is 0 Å². The van der Waals surface area contributed by atoms with Crippen molar-refractivity contribution in [2.75, 3.05) is 6.54 Å². The van der Waals surface area contributed by atoms with Crippen molar-refractivity contribution in [2.45, 2.75) is 13.0 Å². The predicted molar refractivity (Wildman–Crippen MR) is 76.2 cm³/mol. The lowest BCUT2D eigenvalue weighted by atomic mass is 9.99. The maximum absolute atomic E-state index is 6.21. The molecule has 0 spiro atoms. The Kier molecular flexibility index (Phi) is 4.59. The van der Waals surface area contributed by atoms with Gasteiger partial charge in [0.1, 0.15) is 0 Å². The highest BCUT2D eigenvalue weighted by Gasteiger charge is 2.15. The van der Waals surface area contributed by atoms with Gasteiger partial charge in [-0.25, -0.2) is 0 Å². The largest absolute Gasteiger partial charge is 0.306 e. The Bertz CT molecular complexity index is 511. The topological polar surface area (TPSA) is 24.9 Å². The van der Waals surface area contributed by atoms with Gasteiger partial charge in [0.25, 0.3) is 0 Å². The van der Waals surface area contributed by atoms with Crippen LogP contribution >= 0.6 is 23.2 Å². The third-order valence-corrected chi connectivity index (χ3v) is 3.29. The summed E-state index contributed by atoms with van der Waals surface area (Å²) in [6.07, 6.45) is 3.42. The molecule has 0 fully saturated rings. The molecule has 1 aromatic carbocycles. The van der Waals surface area contributed by atoms with Gasteiger partial charge in [0.15, 0.2) is 0 Å². The first-order valence-corrected chi connectivity index (χ1v) is 6.56. The van der Waals surface area contributed by atoms with Gasteiger partial charge < -0.3 is 5.32 Å². The van der Waals surface area contributed by atoms with Crippen LogP contribution in [-0.4, -0.2) is 11.5 Å². The normalized spacial score (nSPS) is 12.4. The van der Waals surface area contributed by atoms with Crippen molar-refractivity contribution in [1.82, 2.24) is 10.3 Å². The highest BCUT2D eigenvalue weighted by Crippen LogP contribution is 2.28. The Hall–Kier alpha value is -1.09. The molecule has 0 aliphatic carbocycles. The van der Waals surface area contributed by atoms with Crippen molar-refractivity contribution in [3.8, 4) is 0 Å². The first-order chi connectivity index (χ1) is 8.72. The SMILES string of the molecule is CCNC(c1ccc(Cl)cc1)c1ccncc1Cl. The van der Waals surface area contributed by atoms with Crippen LogP contribution in [0.3, 0.4) is 0 Å². The number of rotatable bonds is 4. The molecule has 0 saturated heterocycles. The van der Waals surface area contributed by atoms with E-state index in [1.807, 2.05) is 30.3 Å². The minimum Gasteiger partial charge on any atom is -0.306 e. The zero-order valence-corrected chi connectivity index (χ0v) is 11.5. The van der Waals surface area contributed by atoms with E-state index in [0.717, 1.165) is 22.7 Å². The summed E-state index contributed by atoms with van der Waals surface area (Å²) in [5.74, 6) is 0. The lowest BCUT2D eigenvalue weighted by Crippen LogP contribution is -2.22. The van der Waals surface area contributed by atoms with E-state index in [-0.39, 0.29) is 6.04 Å². The second-order valence-corrected chi connectivity index (χ2v) is 4.78. The van der Waals surface area contributed by atoms with Gasteiger partial charge >= 0.3 is 0 Å². The van der Waals surface area contributed by atoms with Gasteiger partial charge in [-0.05, 0) is 35.9 Å². The van der Waals surface area contributed by atoms with E-state index < -0.39 is 0 Å². The second-order valence-electron chi connectivity index (χ2n) is 3.94. The molecule has 0 aliphatic heterocycles. The molecule has 0 saturated carbocycles. The number of aromatic nitrogens is 1. The third kappa shape index (κ3) is 3.02. The smallest absolute Gasteiger partial charge is 0.0640 e. The van der Waals surface area contributed by atoms with Crippen LogP contribution in [0.5, 0.6) is 0 Å². The molecule has 1 N–H and O–H groups in total. The quantitative estimate of drug-likeness (QED) is 0.913. The summed E-state index contributed by atoms with van der Waals surface area (Å²) >= 11 is 12.1. The van der Waals surface area contributed by atoms with Gasteiger partial charge in [0.2, 0.25) is 0 Å². The lowest BCUT2D eigenvalue weighted by Gasteiger charge is -2.19. The zero-order chi connectivity index (χ0) is 13.0. The second kappa shape index (κ2) is 6.19. The molecular formula is C14H14Cl2N2. The lowest BCUT2D eigenvalue weighted by molar-refractivity contribution is 0.630. The van der Waals surface area contributed by atoms with Crippen LogP contribution in [-0.2, 0) is 0 Å². The van der Waals surface area contributed by atoms with Crippen LogP contribution in [0.1, 0.15) is 24.1 Å². The van der Waals surface area contributed by atoms with E-state index in [0.29, 0.717) is 5.02 Å². The Labute approximate surface area is 117 Å². The van der Waals surface area contributed by atoms with E-state index in [9.17, 15) is 0 Å². The fourth-order valence-corrected chi connectivity index (χ4v) is 2.24. The summed E-state index contributed by atoms with van der Waals surface area (Å²) in [4.78, 5) is 4.01. The molecule has 2 nitrogen and oxygen atoms in total. The number of pyridine rings is 1. The Morgan fingerprint density at radius 1 is 1.17 bits per heavy atom. The molecule has 0 amide bonds. The number of halogens is 2. The van der Waals surface area contributed by atoms with Crippen molar-refractivity contribution >= 4 is 23.2 Å². The Morgan fingerprint density at radius 3 is 2.50 bits per heavy atom. The fourth-order valence-electron chi connectivity index (χ4n) is 1.89. The first-order valence-electron chi connectivity index (χ1n) is 5.80. The van der Waals surface area contributed by atoms with Gasteiger partial charge in [0.05, 0.1) is 11.1 Å². The molecule has 18 heavy (non-hydrogen) atoms. The Balaban J connectivity index is 2.40. The van der Waals surface area contributed by atoms with Crippen LogP contribution in [0, 0.1) is 0 Å². The van der Waals surface area contributed by atoms with Crippen LogP contribution in [0.15, 0.2) is 42.7 Å². The molecule has 1 aromatic heterocycles. The van der Waals surface area contributed by atoms with Crippen LogP contribution in [0.25, 0.3) is 0 Å². The molecule has 2 aromatic rings. The maximum Gasteiger partial charge on any atom is 0.0640 e. The highest BCUT2D eigenvalue weighted by atomic mass is 35.5. The number of nitrogens with zero attached hydrogens (tertiary/aromatic N) is 1. The average molecular weight is 281 g/mol. The molecule has 1 atom stereocenters. The van der Waals surface area contributed by atoms with Gasteiger partial charge in [-0.15, -0.1) is 0 Å². The van der Waals surface area contributed by atoms with Gasteiger partial charge in [-0.3, -0.25) is 4.98 Å². The molecule has 0 radical (unpaired) electrons. The maximum atomic E-state index is 6.21. The minimum atomic E-state index is 0.0581. The molecule has 94 valence electrons. The zero-order valence-electron chi connectivity index (χ0n) is 10.0. The summed E-state index contributed by atoms with van der Waals surface area (Å²) in [6, 6.07) is 9.78. The van der Waals surface area contributed by atoms with Crippen LogP contribution in [0.2, 0.25) is 10.0 Å². The monoisotopic (exact) mass is 280 g/mol. The van der Waals surface area contributed by atoms with E-state index in [1.165, 1.54) is 0 Å². The van der Waals surface area contributed by atoms with E-state index in [4.69, 9.17) is 23.2 Å². The van der Waals surface area contributed by atoms with E-state index in [1.54, 1.807) is 12.4 Å². The number of benzene rings is 1. The van der Waals surface area contributed by atoms with Crippen LogP contribution in [0.4, 0.5) is 0 Å². The van der Waals surface area contributed by atoms with Gasteiger partial charge in [-0.2, -0.15) is 0 Å². The Morgan fingerprint density at radius 2 is 1.89 bits per heavy atom. The summed E-state index contributed by atoms with van der Waals surface area (Å²) in [5.41, 5.74) is 2.16. The molecular weight excluding hydrogens is 267 g/mol. The average Bonchev–Trinajstić information content (AvgIpc) is 2.38. The minimum absolute atomic E-state index is 0.0581. The van der Waals surface area contributed by atoms with Gasteiger partial charge in [-0.1, -0.05) is 42.3 Å². The number of hydrogen-bond acceptors (Lipinski definition) is 2. The molecule has 0 bridgehead atoms. The number of hydrogen-bond donors (Lipinski definition) is 1.